The molecule has 1 atom stereocenters. The summed E-state index contributed by atoms with van der Waals surface area (Å²) in [6, 6.07) is 13.5. The number of carbonyl (C=O) groups excluding carboxylic acids is 1. The highest BCUT2D eigenvalue weighted by atomic mass is 16.5. The number of aromatic nitrogens is 2. The van der Waals surface area contributed by atoms with Gasteiger partial charge in [0.25, 0.3) is 5.91 Å². The zero-order chi connectivity index (χ0) is 21.5. The van der Waals surface area contributed by atoms with Crippen molar-refractivity contribution in [2.24, 2.45) is 7.05 Å². The predicted octanol–water partition coefficient (Wildman–Crippen LogP) is 2.59. The Morgan fingerprint density at radius 1 is 1.13 bits per heavy atom. The number of rotatable bonds is 8. The Morgan fingerprint density at radius 3 is 2.33 bits per heavy atom. The van der Waals surface area contributed by atoms with Gasteiger partial charge in [0.2, 0.25) is 0 Å². The Bertz CT molecular complexity index is 1030. The summed E-state index contributed by atoms with van der Waals surface area (Å²) in [7, 11) is 4.99. The minimum Gasteiger partial charge on any atom is -0.497 e. The van der Waals surface area contributed by atoms with Gasteiger partial charge in [-0.05, 0) is 42.0 Å². The van der Waals surface area contributed by atoms with Crippen LogP contribution in [0.2, 0.25) is 0 Å². The number of nitrogens with zero attached hydrogens (tertiary/aromatic N) is 3. The number of hydrogen-bond acceptors (Lipinski definition) is 6. The fraction of sp³-hybridized carbons (Fsp3) is 0.227. The van der Waals surface area contributed by atoms with Crippen LogP contribution in [0.5, 0.6) is 17.2 Å². The summed E-state index contributed by atoms with van der Waals surface area (Å²) in [4.78, 5) is 17.0. The first-order valence-electron chi connectivity index (χ1n) is 9.16. The van der Waals surface area contributed by atoms with Crippen LogP contribution >= 0.6 is 0 Å². The van der Waals surface area contributed by atoms with Gasteiger partial charge >= 0.3 is 0 Å². The molecule has 1 N–H and O–H groups in total. The first-order chi connectivity index (χ1) is 14.5. The van der Waals surface area contributed by atoms with Gasteiger partial charge in [-0.2, -0.15) is 5.26 Å². The average molecular weight is 406 g/mol. The van der Waals surface area contributed by atoms with Gasteiger partial charge in [0.15, 0.2) is 6.61 Å². The summed E-state index contributed by atoms with van der Waals surface area (Å²) in [5.41, 5.74) is 1.28. The van der Waals surface area contributed by atoms with Gasteiger partial charge in [-0.1, -0.05) is 0 Å². The van der Waals surface area contributed by atoms with E-state index in [-0.39, 0.29) is 12.5 Å². The van der Waals surface area contributed by atoms with E-state index in [1.54, 1.807) is 56.9 Å². The minimum absolute atomic E-state index is 0.187. The summed E-state index contributed by atoms with van der Waals surface area (Å²) in [5.74, 6) is 2.03. The van der Waals surface area contributed by atoms with Gasteiger partial charge in [-0.25, -0.2) is 4.98 Å². The van der Waals surface area contributed by atoms with Crippen LogP contribution < -0.4 is 19.5 Å². The van der Waals surface area contributed by atoms with Crippen LogP contribution in [0.25, 0.3) is 0 Å². The van der Waals surface area contributed by atoms with Crippen LogP contribution in [0.15, 0.2) is 54.9 Å². The third-order valence-corrected chi connectivity index (χ3v) is 4.48. The zero-order valence-electron chi connectivity index (χ0n) is 17.0. The van der Waals surface area contributed by atoms with E-state index in [0.29, 0.717) is 28.6 Å². The fourth-order valence-electron chi connectivity index (χ4n) is 2.93. The zero-order valence-corrected chi connectivity index (χ0v) is 17.0. The van der Waals surface area contributed by atoms with E-state index in [0.717, 1.165) is 5.56 Å². The summed E-state index contributed by atoms with van der Waals surface area (Å²) >= 11 is 0. The van der Waals surface area contributed by atoms with E-state index < -0.39 is 6.04 Å². The van der Waals surface area contributed by atoms with Crippen molar-refractivity contribution in [2.45, 2.75) is 6.04 Å². The topological polar surface area (TPSA) is 98.4 Å². The summed E-state index contributed by atoms with van der Waals surface area (Å²) in [5, 5.41) is 11.8. The number of benzene rings is 2. The molecule has 1 unspecified atom stereocenters. The molecule has 0 spiro atoms. The lowest BCUT2D eigenvalue weighted by atomic mass is 10.0. The minimum atomic E-state index is -0.536. The number of methoxy groups -OCH3 is 2. The van der Waals surface area contributed by atoms with Crippen LogP contribution in [-0.2, 0) is 11.8 Å². The van der Waals surface area contributed by atoms with Crippen molar-refractivity contribution in [1.29, 1.82) is 5.26 Å². The smallest absolute Gasteiger partial charge is 0.258 e. The first-order valence-corrected chi connectivity index (χ1v) is 9.16. The Labute approximate surface area is 174 Å². The van der Waals surface area contributed by atoms with E-state index in [1.165, 1.54) is 0 Å². The van der Waals surface area contributed by atoms with E-state index >= 15 is 0 Å². The van der Waals surface area contributed by atoms with E-state index in [1.807, 2.05) is 29.8 Å². The second-order valence-electron chi connectivity index (χ2n) is 6.47. The van der Waals surface area contributed by atoms with Gasteiger partial charge < -0.3 is 24.1 Å². The van der Waals surface area contributed by atoms with Gasteiger partial charge in [0.05, 0.1) is 25.9 Å². The monoisotopic (exact) mass is 406 g/mol. The van der Waals surface area contributed by atoms with Crippen molar-refractivity contribution in [3.63, 3.8) is 0 Å². The normalized spacial score (nSPS) is 11.3. The third-order valence-electron chi connectivity index (χ3n) is 4.48. The highest BCUT2D eigenvalue weighted by Crippen LogP contribution is 2.29. The first kappa shape index (κ1) is 20.7. The van der Waals surface area contributed by atoms with Crippen LogP contribution in [-0.4, -0.2) is 36.3 Å². The standard InChI is InChI=1S/C22H22N4O4/c1-26-9-8-24-22(26)21(16-10-18(28-2)12-19(11-16)29-3)25-20(27)14-30-17-6-4-15(13-23)5-7-17/h4-12,21H,14H2,1-3H3,(H,25,27). The van der Waals surface area contributed by atoms with E-state index in [2.05, 4.69) is 10.3 Å². The van der Waals surface area contributed by atoms with Crippen molar-refractivity contribution in [3.05, 3.63) is 71.8 Å². The predicted molar refractivity (Wildman–Crippen MR) is 109 cm³/mol. The molecule has 0 saturated carbocycles. The molecule has 1 heterocycles. The van der Waals surface area contributed by atoms with Crippen molar-refractivity contribution < 1.29 is 19.0 Å². The second-order valence-corrected chi connectivity index (χ2v) is 6.47. The Hall–Kier alpha value is -3.99. The van der Waals surface area contributed by atoms with Crippen molar-refractivity contribution >= 4 is 5.91 Å². The molecule has 154 valence electrons. The molecule has 2 aromatic carbocycles. The van der Waals surface area contributed by atoms with Crippen LogP contribution in [0.3, 0.4) is 0 Å². The molecule has 0 fully saturated rings. The Morgan fingerprint density at radius 2 is 1.80 bits per heavy atom. The lowest BCUT2D eigenvalue weighted by Crippen LogP contribution is -2.34. The number of carbonyl (C=O) groups is 1. The fourth-order valence-corrected chi connectivity index (χ4v) is 2.93. The van der Waals surface area contributed by atoms with Crippen molar-refractivity contribution in [1.82, 2.24) is 14.9 Å². The third kappa shape index (κ3) is 4.89. The maximum atomic E-state index is 12.7. The maximum absolute atomic E-state index is 12.7. The van der Waals surface area contributed by atoms with Gasteiger partial charge in [0.1, 0.15) is 29.1 Å². The molecule has 3 aromatic rings. The molecule has 0 aliphatic carbocycles. The SMILES string of the molecule is COc1cc(OC)cc(C(NC(=O)COc2ccc(C#N)cc2)c2nccn2C)c1. The number of nitrogens with one attached hydrogen (secondary N) is 1. The molecule has 1 aromatic heterocycles. The molecular formula is C22H22N4O4. The molecule has 0 bridgehead atoms. The second kappa shape index (κ2) is 9.47. The van der Waals surface area contributed by atoms with Gasteiger partial charge in [-0.3, -0.25) is 4.79 Å². The molecule has 8 nitrogen and oxygen atoms in total. The molecule has 3 rings (SSSR count). The Kier molecular flexibility index (Phi) is 6.55. The number of imidazole rings is 1. The number of ether oxygens (including phenoxy) is 3. The maximum Gasteiger partial charge on any atom is 0.258 e. The largest absolute Gasteiger partial charge is 0.497 e. The van der Waals surface area contributed by atoms with Crippen molar-refractivity contribution in [2.75, 3.05) is 20.8 Å². The number of amides is 1. The van der Waals surface area contributed by atoms with Crippen LogP contribution in [0.4, 0.5) is 0 Å². The van der Waals surface area contributed by atoms with Crippen LogP contribution in [0, 0.1) is 11.3 Å². The summed E-state index contributed by atoms with van der Waals surface area (Å²) in [6.45, 7) is -0.187. The highest BCUT2D eigenvalue weighted by Gasteiger charge is 2.22. The molecule has 0 radical (unpaired) electrons. The molecule has 8 heteroatoms. The van der Waals surface area contributed by atoms with E-state index in [4.69, 9.17) is 19.5 Å². The molecule has 0 aliphatic heterocycles. The van der Waals surface area contributed by atoms with Gasteiger partial charge in [-0.15, -0.1) is 0 Å². The Balaban J connectivity index is 1.80. The summed E-state index contributed by atoms with van der Waals surface area (Å²) in [6.07, 6.45) is 3.47. The highest BCUT2D eigenvalue weighted by molar-refractivity contribution is 5.78. The van der Waals surface area contributed by atoms with E-state index in [9.17, 15) is 4.79 Å². The van der Waals surface area contributed by atoms with Gasteiger partial charge in [0, 0.05) is 25.5 Å². The lowest BCUT2D eigenvalue weighted by Gasteiger charge is -2.20. The average Bonchev–Trinajstić information content (AvgIpc) is 3.21. The number of hydrogen-bond donors (Lipinski definition) is 1. The molecule has 0 aliphatic rings. The number of nitriles is 1. The van der Waals surface area contributed by atoms with Crippen LogP contribution in [0.1, 0.15) is 23.0 Å². The molecule has 0 saturated heterocycles. The molecular weight excluding hydrogens is 384 g/mol. The number of aryl methyl sites for hydroxylation is 1. The molecule has 30 heavy (non-hydrogen) atoms. The lowest BCUT2D eigenvalue weighted by molar-refractivity contribution is -0.123. The van der Waals surface area contributed by atoms with Crippen molar-refractivity contribution in [3.8, 4) is 23.3 Å². The quantitative estimate of drug-likeness (QED) is 0.617. The molecule has 1 amide bonds. The summed E-state index contributed by atoms with van der Waals surface area (Å²) < 4.78 is 18.1.